The summed E-state index contributed by atoms with van der Waals surface area (Å²) in [6.45, 7) is 19.0. The predicted molar refractivity (Wildman–Crippen MR) is 186 cm³/mol. The highest BCUT2D eigenvalue weighted by Gasteiger charge is 2.59. The molecule has 1 aromatic rings. The number of unbranched alkanes of at least 4 members (excludes halogenated alkanes) is 1. The average molecular weight is 710 g/mol. The van der Waals surface area contributed by atoms with Gasteiger partial charge in [0.2, 0.25) is 7.37 Å². The van der Waals surface area contributed by atoms with Gasteiger partial charge in [0.25, 0.3) is 0 Å². The summed E-state index contributed by atoms with van der Waals surface area (Å²) in [6, 6.07) is 7.53. The Labute approximate surface area is 291 Å². The molecule has 2 atom stereocenters. The third kappa shape index (κ3) is 10.9. The molecule has 0 radical (unpaired) electrons. The number of amides is 3. The van der Waals surface area contributed by atoms with Gasteiger partial charge in [-0.1, -0.05) is 18.2 Å². The smallest absolute Gasteiger partial charge is 0.419 e. The minimum Gasteiger partial charge on any atom is -0.459 e. The predicted octanol–water partition coefficient (Wildman–Crippen LogP) is 7.20. The van der Waals surface area contributed by atoms with Crippen LogP contribution in [0.1, 0.15) is 94.1 Å². The number of esters is 1. The molecule has 3 rings (SSSR count). The zero-order valence-electron chi connectivity index (χ0n) is 31.0. The summed E-state index contributed by atoms with van der Waals surface area (Å²) in [7, 11) is -3.64. The standard InChI is InChI=1S/C35H56N3O10P/c1-11-45-49(43)23-21-36(24-26-16-12-13-17-27(26)37-20-22-44-29(37)40)25-35(49,28(39)46-32(2,3)4)18-14-15-19-38(30(41)47-33(5,6)7)31(42)48-34(8,9)10/h12-13,16-17H,11,14-15,18-25H2,1-10H3. The quantitative estimate of drug-likeness (QED) is 0.0997. The van der Waals surface area contributed by atoms with Crippen molar-refractivity contribution in [1.82, 2.24) is 9.80 Å². The molecule has 2 aliphatic heterocycles. The van der Waals surface area contributed by atoms with Crippen molar-refractivity contribution in [3.05, 3.63) is 29.8 Å². The molecular weight excluding hydrogens is 653 g/mol. The van der Waals surface area contributed by atoms with Crippen molar-refractivity contribution < 1.29 is 47.2 Å². The van der Waals surface area contributed by atoms with E-state index in [0.29, 0.717) is 32.7 Å². The van der Waals surface area contributed by atoms with Gasteiger partial charge >= 0.3 is 24.2 Å². The molecule has 276 valence electrons. The van der Waals surface area contributed by atoms with Crippen LogP contribution in [0.3, 0.4) is 0 Å². The maximum atomic E-state index is 14.8. The molecular formula is C35H56N3O10P. The lowest BCUT2D eigenvalue weighted by molar-refractivity contribution is -0.160. The Hall–Kier alpha value is -3.15. The number of hydrogen-bond donors (Lipinski definition) is 0. The number of carbonyl (C=O) groups excluding carboxylic acids is 4. The molecule has 1 aromatic carbocycles. The first kappa shape index (κ1) is 40.3. The average Bonchev–Trinajstić information content (AvgIpc) is 3.37. The molecule has 2 unspecified atom stereocenters. The van der Waals surface area contributed by atoms with Crippen LogP contribution in [0.25, 0.3) is 0 Å². The van der Waals surface area contributed by atoms with Crippen LogP contribution in [0.2, 0.25) is 0 Å². The molecule has 13 nitrogen and oxygen atoms in total. The summed E-state index contributed by atoms with van der Waals surface area (Å²) < 4.78 is 42.9. The third-order valence-corrected chi connectivity index (χ3v) is 11.2. The lowest BCUT2D eigenvalue weighted by Crippen LogP contribution is -2.56. The monoisotopic (exact) mass is 709 g/mol. The Kier molecular flexibility index (Phi) is 13.0. The highest BCUT2D eigenvalue weighted by Crippen LogP contribution is 2.64. The molecule has 49 heavy (non-hydrogen) atoms. The Morgan fingerprint density at radius 2 is 1.49 bits per heavy atom. The molecule has 0 bridgehead atoms. The highest BCUT2D eigenvalue weighted by molar-refractivity contribution is 7.62. The van der Waals surface area contributed by atoms with Crippen LogP contribution in [-0.4, -0.2) is 102 Å². The topological polar surface area (TPSA) is 141 Å². The first-order valence-electron chi connectivity index (χ1n) is 17.0. The lowest BCUT2D eigenvalue weighted by atomic mass is 9.98. The summed E-state index contributed by atoms with van der Waals surface area (Å²) >= 11 is 0. The van der Waals surface area contributed by atoms with Crippen molar-refractivity contribution in [3.8, 4) is 0 Å². The van der Waals surface area contributed by atoms with Gasteiger partial charge in [0.15, 0.2) is 5.16 Å². The molecule has 0 saturated carbocycles. The minimum atomic E-state index is -3.64. The summed E-state index contributed by atoms with van der Waals surface area (Å²) in [5.41, 5.74) is -0.979. The van der Waals surface area contributed by atoms with E-state index in [1.807, 2.05) is 29.2 Å². The third-order valence-electron chi connectivity index (χ3n) is 7.85. The summed E-state index contributed by atoms with van der Waals surface area (Å²) in [4.78, 5) is 57.4. The number of rotatable bonds is 11. The molecule has 0 aromatic heterocycles. The van der Waals surface area contributed by atoms with Gasteiger partial charge in [0.05, 0.1) is 18.8 Å². The number of anilines is 1. The Morgan fingerprint density at radius 1 is 0.898 bits per heavy atom. The first-order chi connectivity index (χ1) is 22.6. The highest BCUT2D eigenvalue weighted by atomic mass is 31.2. The number of nitrogens with zero attached hydrogens (tertiary/aromatic N) is 3. The number of hydrogen-bond acceptors (Lipinski definition) is 11. The largest absolute Gasteiger partial charge is 0.459 e. The maximum absolute atomic E-state index is 14.8. The van der Waals surface area contributed by atoms with Crippen LogP contribution in [-0.2, 0) is 39.4 Å². The normalized spacial score (nSPS) is 22.0. The Balaban J connectivity index is 1.92. The van der Waals surface area contributed by atoms with Crippen LogP contribution in [0.4, 0.5) is 20.1 Å². The molecule has 0 aliphatic carbocycles. The molecule has 2 heterocycles. The van der Waals surface area contributed by atoms with E-state index in [2.05, 4.69) is 0 Å². The van der Waals surface area contributed by atoms with Crippen molar-refractivity contribution in [2.75, 3.05) is 50.5 Å². The number of cyclic esters (lactones) is 1. The fourth-order valence-corrected chi connectivity index (χ4v) is 8.85. The number of imide groups is 1. The maximum Gasteiger partial charge on any atom is 0.419 e. The van der Waals surface area contributed by atoms with Gasteiger partial charge in [0, 0.05) is 32.3 Å². The molecule has 2 fully saturated rings. The van der Waals surface area contributed by atoms with Gasteiger partial charge < -0.3 is 23.5 Å². The fraction of sp³-hybridized carbons (Fsp3) is 0.714. The van der Waals surface area contributed by atoms with Crippen LogP contribution in [0.5, 0.6) is 0 Å². The van der Waals surface area contributed by atoms with Gasteiger partial charge in [-0.15, -0.1) is 0 Å². The van der Waals surface area contributed by atoms with Crippen LogP contribution in [0.15, 0.2) is 24.3 Å². The Bertz CT molecular complexity index is 1370. The van der Waals surface area contributed by atoms with Crippen molar-refractivity contribution >= 4 is 37.3 Å². The molecule has 3 amide bonds. The van der Waals surface area contributed by atoms with Gasteiger partial charge in [-0.05, 0) is 100 Å². The second-order valence-electron chi connectivity index (χ2n) is 15.5. The summed E-state index contributed by atoms with van der Waals surface area (Å²) in [5.74, 6) is -0.617. The molecule has 0 N–H and O–H groups in total. The molecule has 0 spiro atoms. The fourth-order valence-electron chi connectivity index (χ4n) is 5.84. The molecule has 2 aliphatic rings. The van der Waals surface area contributed by atoms with E-state index in [1.54, 1.807) is 74.1 Å². The zero-order valence-corrected chi connectivity index (χ0v) is 31.9. The summed E-state index contributed by atoms with van der Waals surface area (Å²) in [5, 5.41) is -1.53. The number of benzene rings is 1. The minimum absolute atomic E-state index is 0.0455. The van der Waals surface area contributed by atoms with E-state index < -0.39 is 53.6 Å². The van der Waals surface area contributed by atoms with Gasteiger partial charge in [-0.3, -0.25) is 19.2 Å². The first-order valence-corrected chi connectivity index (χ1v) is 18.9. The SMILES string of the molecule is CCOP1(=O)CCN(Cc2ccccc2N2CCOC2=O)CC1(CCCCN(C(=O)OC(C)(C)C)C(=O)OC(C)(C)C)C(=O)OC(C)(C)C. The van der Waals surface area contributed by atoms with Gasteiger partial charge in [-0.2, -0.15) is 0 Å². The van der Waals surface area contributed by atoms with Crippen LogP contribution < -0.4 is 4.90 Å². The van der Waals surface area contributed by atoms with E-state index in [4.69, 9.17) is 23.5 Å². The van der Waals surface area contributed by atoms with E-state index in [0.717, 1.165) is 16.2 Å². The Morgan fingerprint density at radius 3 is 2.02 bits per heavy atom. The van der Waals surface area contributed by atoms with Crippen molar-refractivity contribution in [3.63, 3.8) is 0 Å². The summed E-state index contributed by atoms with van der Waals surface area (Å²) in [6.07, 6.45) is -1.28. The van der Waals surface area contributed by atoms with Gasteiger partial charge in [-0.25, -0.2) is 19.3 Å². The number of ether oxygens (including phenoxy) is 4. The van der Waals surface area contributed by atoms with E-state index in [1.165, 1.54) is 0 Å². The molecule has 14 heteroatoms. The second-order valence-corrected chi connectivity index (χ2v) is 18.4. The van der Waals surface area contributed by atoms with Gasteiger partial charge in [0.1, 0.15) is 23.4 Å². The van der Waals surface area contributed by atoms with Crippen LogP contribution in [0, 0.1) is 0 Å². The van der Waals surface area contributed by atoms with E-state index >= 15 is 0 Å². The number of para-hydroxylation sites is 1. The van der Waals surface area contributed by atoms with E-state index in [-0.39, 0.29) is 38.7 Å². The van der Waals surface area contributed by atoms with Crippen molar-refractivity contribution in [2.45, 2.75) is 117 Å². The van der Waals surface area contributed by atoms with Crippen molar-refractivity contribution in [2.24, 2.45) is 0 Å². The molecule has 2 saturated heterocycles. The van der Waals surface area contributed by atoms with E-state index in [9.17, 15) is 23.7 Å². The van der Waals surface area contributed by atoms with Crippen molar-refractivity contribution in [1.29, 1.82) is 0 Å². The zero-order chi connectivity index (χ0) is 36.8. The number of carbonyl (C=O) groups is 4. The van der Waals surface area contributed by atoms with Crippen LogP contribution >= 0.6 is 7.37 Å². The lowest BCUT2D eigenvalue weighted by Gasteiger charge is -2.46. The second kappa shape index (κ2) is 15.8.